The first-order valence-corrected chi connectivity index (χ1v) is 5.62. The van der Waals surface area contributed by atoms with Gasteiger partial charge >= 0.3 is 0 Å². The van der Waals surface area contributed by atoms with Crippen LogP contribution in [0.2, 0.25) is 0 Å². The molecule has 3 rings (SSSR count). The Bertz CT molecular complexity index is 455. The number of hydrogen-bond donors (Lipinski definition) is 1. The summed E-state index contributed by atoms with van der Waals surface area (Å²) < 4.78 is 0. The lowest BCUT2D eigenvalue weighted by Crippen LogP contribution is -2.29. The van der Waals surface area contributed by atoms with Crippen LogP contribution in [0.1, 0.15) is 19.3 Å². The van der Waals surface area contributed by atoms with Gasteiger partial charge in [-0.3, -0.25) is 0 Å². The highest BCUT2D eigenvalue weighted by Gasteiger charge is 2.14. The van der Waals surface area contributed by atoms with Gasteiger partial charge < -0.3 is 9.88 Å². The second-order valence-electron chi connectivity index (χ2n) is 4.12. The number of pyridine rings is 1. The first-order chi connectivity index (χ1) is 7.45. The highest BCUT2D eigenvalue weighted by Crippen LogP contribution is 2.27. The SMILES string of the molecule is c1cnc2[nH]cc(N3CCCCC3)c2c1. The highest BCUT2D eigenvalue weighted by molar-refractivity contribution is 5.90. The van der Waals surface area contributed by atoms with Crippen molar-refractivity contribution in [2.75, 3.05) is 18.0 Å². The Morgan fingerprint density at radius 1 is 1.20 bits per heavy atom. The first-order valence-electron chi connectivity index (χ1n) is 5.62. The molecular weight excluding hydrogens is 186 g/mol. The summed E-state index contributed by atoms with van der Waals surface area (Å²) in [6.45, 7) is 2.36. The molecule has 1 aliphatic heterocycles. The number of piperidine rings is 1. The van der Waals surface area contributed by atoms with Crippen LogP contribution in [0.15, 0.2) is 24.5 Å². The van der Waals surface area contributed by atoms with Gasteiger partial charge in [-0.2, -0.15) is 0 Å². The van der Waals surface area contributed by atoms with Gasteiger partial charge in [-0.15, -0.1) is 0 Å². The Balaban J connectivity index is 2.02. The average molecular weight is 201 g/mol. The van der Waals surface area contributed by atoms with E-state index in [9.17, 15) is 0 Å². The van der Waals surface area contributed by atoms with Crippen LogP contribution >= 0.6 is 0 Å². The predicted octanol–water partition coefficient (Wildman–Crippen LogP) is 2.55. The van der Waals surface area contributed by atoms with Crippen LogP contribution in [0.4, 0.5) is 5.69 Å². The third-order valence-corrected chi connectivity index (χ3v) is 3.13. The van der Waals surface area contributed by atoms with Gasteiger partial charge in [-0.1, -0.05) is 0 Å². The molecule has 0 spiro atoms. The van der Waals surface area contributed by atoms with Gasteiger partial charge in [-0.05, 0) is 31.4 Å². The van der Waals surface area contributed by atoms with Crippen molar-refractivity contribution in [2.24, 2.45) is 0 Å². The topological polar surface area (TPSA) is 31.9 Å². The fourth-order valence-corrected chi connectivity index (χ4v) is 2.34. The lowest BCUT2D eigenvalue weighted by Gasteiger charge is -2.27. The van der Waals surface area contributed by atoms with Crippen LogP contribution in [0.5, 0.6) is 0 Å². The number of anilines is 1. The molecule has 3 heteroatoms. The van der Waals surface area contributed by atoms with E-state index in [-0.39, 0.29) is 0 Å². The molecule has 0 atom stereocenters. The summed E-state index contributed by atoms with van der Waals surface area (Å²) in [6.07, 6.45) is 7.92. The maximum Gasteiger partial charge on any atom is 0.139 e. The zero-order valence-corrected chi connectivity index (χ0v) is 8.74. The summed E-state index contributed by atoms with van der Waals surface area (Å²) in [5.41, 5.74) is 2.32. The minimum absolute atomic E-state index is 0.998. The van der Waals surface area contributed by atoms with E-state index in [1.54, 1.807) is 0 Å². The molecule has 0 aromatic carbocycles. The minimum atomic E-state index is 0.998. The van der Waals surface area contributed by atoms with E-state index in [1.165, 1.54) is 43.4 Å². The van der Waals surface area contributed by atoms with Crippen LogP contribution in [0, 0.1) is 0 Å². The summed E-state index contributed by atoms with van der Waals surface area (Å²) >= 11 is 0. The number of aromatic nitrogens is 2. The minimum Gasteiger partial charge on any atom is -0.370 e. The third-order valence-electron chi connectivity index (χ3n) is 3.13. The zero-order chi connectivity index (χ0) is 10.1. The number of H-pyrrole nitrogens is 1. The molecular formula is C12H15N3. The fraction of sp³-hybridized carbons (Fsp3) is 0.417. The Morgan fingerprint density at radius 3 is 2.93 bits per heavy atom. The molecule has 15 heavy (non-hydrogen) atoms. The number of hydrogen-bond acceptors (Lipinski definition) is 2. The maximum absolute atomic E-state index is 4.31. The monoisotopic (exact) mass is 201 g/mol. The van der Waals surface area contributed by atoms with E-state index in [2.05, 4.69) is 27.1 Å². The van der Waals surface area contributed by atoms with Gasteiger partial charge in [0.2, 0.25) is 0 Å². The summed E-state index contributed by atoms with van der Waals surface area (Å²) in [7, 11) is 0. The van der Waals surface area contributed by atoms with E-state index in [0.29, 0.717) is 0 Å². The Labute approximate surface area is 89.1 Å². The van der Waals surface area contributed by atoms with Crippen LogP contribution in [-0.2, 0) is 0 Å². The second kappa shape index (κ2) is 3.57. The van der Waals surface area contributed by atoms with Crippen LogP contribution in [0.3, 0.4) is 0 Å². The molecule has 0 saturated carbocycles. The molecule has 1 saturated heterocycles. The van der Waals surface area contributed by atoms with Gasteiger partial charge in [0.05, 0.1) is 5.69 Å². The van der Waals surface area contributed by atoms with E-state index in [0.717, 1.165) is 5.65 Å². The van der Waals surface area contributed by atoms with Crippen molar-refractivity contribution in [3.05, 3.63) is 24.5 Å². The van der Waals surface area contributed by atoms with Crippen molar-refractivity contribution in [3.63, 3.8) is 0 Å². The van der Waals surface area contributed by atoms with E-state index in [1.807, 2.05) is 12.3 Å². The quantitative estimate of drug-likeness (QED) is 0.769. The van der Waals surface area contributed by atoms with Crippen molar-refractivity contribution in [3.8, 4) is 0 Å². The van der Waals surface area contributed by atoms with Crippen LogP contribution < -0.4 is 4.90 Å². The first kappa shape index (κ1) is 8.77. The maximum atomic E-state index is 4.31. The number of nitrogens with one attached hydrogen (secondary N) is 1. The summed E-state index contributed by atoms with van der Waals surface area (Å²) in [5.74, 6) is 0. The number of rotatable bonds is 1. The standard InChI is InChI=1S/C12H15N3/c1-2-7-15(8-3-1)11-9-14-12-10(11)5-4-6-13-12/h4-6,9H,1-3,7-8H2,(H,13,14). The Hall–Kier alpha value is -1.51. The molecule has 1 aliphatic rings. The molecule has 78 valence electrons. The fourth-order valence-electron chi connectivity index (χ4n) is 2.34. The van der Waals surface area contributed by atoms with Crippen LogP contribution in [0.25, 0.3) is 11.0 Å². The van der Waals surface area contributed by atoms with Gasteiger partial charge in [0, 0.05) is 30.9 Å². The molecule has 3 nitrogen and oxygen atoms in total. The third kappa shape index (κ3) is 1.48. The van der Waals surface area contributed by atoms with Gasteiger partial charge in [0.15, 0.2) is 0 Å². The van der Waals surface area contributed by atoms with Crippen LogP contribution in [-0.4, -0.2) is 23.1 Å². The predicted molar refractivity (Wildman–Crippen MR) is 62.2 cm³/mol. The van der Waals surface area contributed by atoms with Gasteiger partial charge in [-0.25, -0.2) is 4.98 Å². The second-order valence-corrected chi connectivity index (χ2v) is 4.12. The Kier molecular flexibility index (Phi) is 2.09. The van der Waals surface area contributed by atoms with E-state index in [4.69, 9.17) is 0 Å². The van der Waals surface area contributed by atoms with Crippen molar-refractivity contribution in [2.45, 2.75) is 19.3 Å². The summed E-state index contributed by atoms with van der Waals surface area (Å²) in [6, 6.07) is 4.15. The number of nitrogens with zero attached hydrogens (tertiary/aromatic N) is 2. The molecule has 2 aromatic rings. The van der Waals surface area contributed by atoms with Crippen molar-refractivity contribution < 1.29 is 0 Å². The van der Waals surface area contributed by atoms with Crippen molar-refractivity contribution >= 4 is 16.7 Å². The molecule has 0 amide bonds. The molecule has 0 unspecified atom stereocenters. The highest BCUT2D eigenvalue weighted by atomic mass is 15.1. The molecule has 3 heterocycles. The van der Waals surface area contributed by atoms with Crippen molar-refractivity contribution in [1.82, 2.24) is 9.97 Å². The van der Waals surface area contributed by atoms with Gasteiger partial charge in [0.1, 0.15) is 5.65 Å². The van der Waals surface area contributed by atoms with Gasteiger partial charge in [0.25, 0.3) is 0 Å². The lowest BCUT2D eigenvalue weighted by molar-refractivity contribution is 0.579. The molecule has 2 aromatic heterocycles. The molecule has 0 bridgehead atoms. The van der Waals surface area contributed by atoms with E-state index >= 15 is 0 Å². The largest absolute Gasteiger partial charge is 0.370 e. The van der Waals surface area contributed by atoms with Crippen molar-refractivity contribution in [1.29, 1.82) is 0 Å². The normalized spacial score (nSPS) is 17.2. The zero-order valence-electron chi connectivity index (χ0n) is 8.74. The Morgan fingerprint density at radius 2 is 2.07 bits per heavy atom. The average Bonchev–Trinajstić information content (AvgIpc) is 2.74. The number of aromatic amines is 1. The summed E-state index contributed by atoms with van der Waals surface area (Å²) in [4.78, 5) is 10.0. The molecule has 0 aliphatic carbocycles. The van der Waals surface area contributed by atoms with E-state index < -0.39 is 0 Å². The molecule has 1 N–H and O–H groups in total. The molecule has 1 fully saturated rings. The summed E-state index contributed by atoms with van der Waals surface area (Å²) in [5, 5.41) is 1.25. The number of fused-ring (bicyclic) bond motifs is 1. The smallest absolute Gasteiger partial charge is 0.139 e. The lowest BCUT2D eigenvalue weighted by atomic mass is 10.1. The molecule has 0 radical (unpaired) electrons.